The lowest BCUT2D eigenvalue weighted by atomic mass is 10.2. The van der Waals surface area contributed by atoms with Gasteiger partial charge >= 0.3 is 12.3 Å². The molecule has 0 aromatic heterocycles. The fraction of sp³-hybridized carbons (Fsp3) is 0.429. The van der Waals surface area contributed by atoms with E-state index in [9.17, 15) is 22.8 Å². The molecule has 1 aromatic rings. The van der Waals surface area contributed by atoms with Gasteiger partial charge in [0.15, 0.2) is 6.10 Å². The highest BCUT2D eigenvalue weighted by atomic mass is 19.4. The van der Waals surface area contributed by atoms with Gasteiger partial charge in [-0.2, -0.15) is 0 Å². The maximum Gasteiger partial charge on any atom is 0.573 e. The number of esters is 1. The van der Waals surface area contributed by atoms with Crippen molar-refractivity contribution in [3.05, 3.63) is 29.8 Å². The van der Waals surface area contributed by atoms with Gasteiger partial charge in [-0.3, -0.25) is 4.79 Å². The van der Waals surface area contributed by atoms with Gasteiger partial charge in [-0.05, 0) is 31.2 Å². The minimum Gasteiger partial charge on any atom is -0.449 e. The third-order valence-electron chi connectivity index (χ3n) is 2.58. The number of carbonyl (C=O) groups is 2. The van der Waals surface area contributed by atoms with E-state index in [0.717, 1.165) is 24.3 Å². The predicted molar refractivity (Wildman–Crippen MR) is 72.9 cm³/mol. The van der Waals surface area contributed by atoms with Crippen LogP contribution in [0.3, 0.4) is 0 Å². The number of halogens is 3. The number of nitrogens with one attached hydrogen (secondary N) is 1. The van der Waals surface area contributed by atoms with Gasteiger partial charge in [-0.25, -0.2) is 4.79 Å². The molecular weight excluding hydrogens is 319 g/mol. The molecule has 1 amide bonds. The third-order valence-corrected chi connectivity index (χ3v) is 2.58. The zero-order valence-corrected chi connectivity index (χ0v) is 12.5. The summed E-state index contributed by atoms with van der Waals surface area (Å²) in [6.07, 6.45) is -5.86. The van der Waals surface area contributed by atoms with Crippen LogP contribution in [0.5, 0.6) is 5.75 Å². The van der Waals surface area contributed by atoms with Gasteiger partial charge in [0.25, 0.3) is 5.91 Å². The van der Waals surface area contributed by atoms with E-state index in [1.165, 1.54) is 14.0 Å². The highest BCUT2D eigenvalue weighted by Gasteiger charge is 2.31. The fourth-order valence-corrected chi connectivity index (χ4v) is 1.49. The number of hydrogen-bond donors (Lipinski definition) is 1. The molecule has 0 unspecified atom stereocenters. The average molecular weight is 335 g/mol. The molecule has 1 N–H and O–H groups in total. The molecule has 0 fully saturated rings. The van der Waals surface area contributed by atoms with Crippen LogP contribution in [0.15, 0.2) is 24.3 Å². The smallest absolute Gasteiger partial charge is 0.449 e. The monoisotopic (exact) mass is 335 g/mol. The van der Waals surface area contributed by atoms with E-state index in [-0.39, 0.29) is 12.1 Å². The van der Waals surface area contributed by atoms with Crippen LogP contribution in [0.4, 0.5) is 13.2 Å². The van der Waals surface area contributed by atoms with Crippen molar-refractivity contribution in [1.82, 2.24) is 5.32 Å². The molecule has 23 heavy (non-hydrogen) atoms. The lowest BCUT2D eigenvalue weighted by molar-refractivity contribution is -0.274. The molecular formula is C14H16F3NO5. The number of amides is 1. The van der Waals surface area contributed by atoms with Crippen LogP contribution < -0.4 is 10.1 Å². The van der Waals surface area contributed by atoms with Gasteiger partial charge in [-0.15, -0.1) is 13.2 Å². The van der Waals surface area contributed by atoms with Crippen LogP contribution in [-0.2, 0) is 14.3 Å². The third kappa shape index (κ3) is 7.00. The number of carbonyl (C=O) groups excluding carboxylic acids is 2. The summed E-state index contributed by atoms with van der Waals surface area (Å²) in [6.45, 7) is 1.95. The fourth-order valence-electron chi connectivity index (χ4n) is 1.49. The number of benzene rings is 1. The molecule has 0 aliphatic carbocycles. The number of ether oxygens (including phenoxy) is 3. The first-order chi connectivity index (χ1) is 10.7. The zero-order valence-electron chi connectivity index (χ0n) is 12.5. The van der Waals surface area contributed by atoms with Crippen molar-refractivity contribution in [3.63, 3.8) is 0 Å². The van der Waals surface area contributed by atoms with E-state index < -0.39 is 30.1 Å². The Kier molecular flexibility index (Phi) is 6.83. The van der Waals surface area contributed by atoms with Gasteiger partial charge in [0.2, 0.25) is 0 Å². The van der Waals surface area contributed by atoms with E-state index in [0.29, 0.717) is 6.61 Å². The van der Waals surface area contributed by atoms with E-state index in [2.05, 4.69) is 10.1 Å². The first-order valence-electron chi connectivity index (χ1n) is 6.56. The average Bonchev–Trinajstić information content (AvgIpc) is 2.46. The molecule has 1 aromatic carbocycles. The van der Waals surface area contributed by atoms with Crippen molar-refractivity contribution < 1.29 is 37.0 Å². The largest absolute Gasteiger partial charge is 0.573 e. The summed E-state index contributed by atoms with van der Waals surface area (Å²) < 4.78 is 49.4. The molecule has 128 valence electrons. The molecule has 9 heteroatoms. The van der Waals surface area contributed by atoms with Crippen molar-refractivity contribution in [2.75, 3.05) is 20.3 Å². The highest BCUT2D eigenvalue weighted by molar-refractivity contribution is 5.92. The summed E-state index contributed by atoms with van der Waals surface area (Å²) >= 11 is 0. The van der Waals surface area contributed by atoms with Crippen LogP contribution in [0.1, 0.15) is 17.3 Å². The summed E-state index contributed by atoms with van der Waals surface area (Å²) in [5.41, 5.74) is -0.00364. The minimum absolute atomic E-state index is 0.00364. The Morgan fingerprint density at radius 3 is 2.35 bits per heavy atom. The van der Waals surface area contributed by atoms with E-state index in [1.54, 1.807) is 0 Å². The topological polar surface area (TPSA) is 73.9 Å². The molecule has 0 aliphatic rings. The second-order valence-corrected chi connectivity index (χ2v) is 4.40. The molecule has 0 saturated heterocycles. The molecule has 0 aliphatic heterocycles. The summed E-state index contributed by atoms with van der Waals surface area (Å²) in [5, 5.41) is 2.49. The van der Waals surface area contributed by atoms with Crippen LogP contribution in [0.2, 0.25) is 0 Å². The first kappa shape index (κ1) is 18.8. The number of alkyl halides is 3. The predicted octanol–water partition coefficient (Wildman–Crippen LogP) is 1.89. The Balaban J connectivity index is 2.55. The highest BCUT2D eigenvalue weighted by Crippen LogP contribution is 2.22. The van der Waals surface area contributed by atoms with E-state index in [1.807, 2.05) is 0 Å². The number of hydrogen-bond acceptors (Lipinski definition) is 5. The van der Waals surface area contributed by atoms with Gasteiger partial charge in [0.1, 0.15) is 5.75 Å². The lowest BCUT2D eigenvalue weighted by Crippen LogP contribution is -2.37. The SMILES string of the molecule is COCCNC(=O)[C@H](C)OC(=O)c1ccc(OC(F)(F)F)cc1. The van der Waals surface area contributed by atoms with Crippen LogP contribution in [0, 0.1) is 0 Å². The molecule has 0 heterocycles. The molecule has 0 bridgehead atoms. The Morgan fingerprint density at radius 1 is 1.22 bits per heavy atom. The van der Waals surface area contributed by atoms with Gasteiger partial charge in [-0.1, -0.05) is 0 Å². The van der Waals surface area contributed by atoms with Gasteiger partial charge in [0.05, 0.1) is 12.2 Å². The summed E-state index contributed by atoms with van der Waals surface area (Å²) in [6, 6.07) is 4.18. The van der Waals surface area contributed by atoms with Crippen LogP contribution in [0.25, 0.3) is 0 Å². The van der Waals surface area contributed by atoms with Crippen molar-refractivity contribution in [3.8, 4) is 5.75 Å². The zero-order chi connectivity index (χ0) is 17.5. The summed E-state index contributed by atoms with van der Waals surface area (Å²) in [7, 11) is 1.47. The Morgan fingerprint density at radius 2 is 1.83 bits per heavy atom. The second kappa shape index (κ2) is 8.37. The van der Waals surface area contributed by atoms with Crippen molar-refractivity contribution in [2.24, 2.45) is 0 Å². The van der Waals surface area contributed by atoms with Crippen LogP contribution >= 0.6 is 0 Å². The Labute approximate surface area is 130 Å². The molecule has 1 atom stereocenters. The molecule has 1 rings (SSSR count). The maximum absolute atomic E-state index is 12.0. The van der Waals surface area contributed by atoms with Crippen molar-refractivity contribution in [1.29, 1.82) is 0 Å². The lowest BCUT2D eigenvalue weighted by Gasteiger charge is -2.13. The molecule has 0 radical (unpaired) electrons. The number of methoxy groups -OCH3 is 1. The van der Waals surface area contributed by atoms with Crippen LogP contribution in [-0.4, -0.2) is 44.6 Å². The van der Waals surface area contributed by atoms with E-state index in [4.69, 9.17) is 9.47 Å². The van der Waals surface area contributed by atoms with E-state index >= 15 is 0 Å². The van der Waals surface area contributed by atoms with Gasteiger partial charge < -0.3 is 19.5 Å². The van der Waals surface area contributed by atoms with Gasteiger partial charge in [0, 0.05) is 13.7 Å². The first-order valence-corrected chi connectivity index (χ1v) is 6.56. The maximum atomic E-state index is 12.0. The number of rotatable bonds is 7. The molecule has 0 saturated carbocycles. The Hall–Kier alpha value is -2.29. The quantitative estimate of drug-likeness (QED) is 0.608. The minimum atomic E-state index is -4.81. The summed E-state index contributed by atoms with van der Waals surface area (Å²) in [5.74, 6) is -1.80. The van der Waals surface area contributed by atoms with Crippen molar-refractivity contribution >= 4 is 11.9 Å². The second-order valence-electron chi connectivity index (χ2n) is 4.40. The summed E-state index contributed by atoms with van der Waals surface area (Å²) in [4.78, 5) is 23.4. The van der Waals surface area contributed by atoms with Crippen molar-refractivity contribution in [2.45, 2.75) is 19.4 Å². The Bertz CT molecular complexity index is 530. The normalized spacial score (nSPS) is 12.4. The standard InChI is InChI=1S/C14H16F3NO5/c1-9(12(19)18-7-8-21-2)22-13(20)10-3-5-11(6-4-10)23-14(15,16)17/h3-6,9H,7-8H2,1-2H3,(H,18,19)/t9-/m0/s1. The molecule has 0 spiro atoms. The molecule has 6 nitrogen and oxygen atoms in total.